The highest BCUT2D eigenvalue weighted by atomic mass is 16.3. The molecule has 3 N–H and O–H groups in total. The molecular weight excluding hydrogens is 168 g/mol. The largest absolute Gasteiger partial charge is 0.389 e. The molecule has 1 rings (SSSR count). The maximum atomic E-state index is 11.6. The Bertz CT molecular complexity index is 178. The fourth-order valence-corrected chi connectivity index (χ4v) is 1.49. The molecule has 13 heavy (non-hydrogen) atoms. The second-order valence-electron chi connectivity index (χ2n) is 3.73. The topological polar surface area (TPSA) is 66.6 Å². The molecule has 0 saturated carbocycles. The zero-order chi connectivity index (χ0) is 9.84. The molecule has 0 bridgehead atoms. The minimum atomic E-state index is -0.300. The predicted molar refractivity (Wildman–Crippen MR) is 50.0 cm³/mol. The third kappa shape index (κ3) is 2.67. The average Bonchev–Trinajstić information content (AvgIpc) is 2.07. The Morgan fingerprint density at radius 1 is 1.69 bits per heavy atom. The maximum Gasteiger partial charge on any atom is 0.225 e. The van der Waals surface area contributed by atoms with Gasteiger partial charge in [0.05, 0.1) is 6.10 Å². The fourth-order valence-electron chi connectivity index (χ4n) is 1.49. The molecule has 1 atom stereocenters. The summed E-state index contributed by atoms with van der Waals surface area (Å²) in [6.45, 7) is 3.57. The summed E-state index contributed by atoms with van der Waals surface area (Å²) < 4.78 is 0. The summed E-state index contributed by atoms with van der Waals surface area (Å²) >= 11 is 0. The normalized spacial score (nSPS) is 19.8. The molecule has 76 valence electrons. The van der Waals surface area contributed by atoms with Gasteiger partial charge in [-0.15, -0.1) is 0 Å². The molecule has 0 spiro atoms. The molecule has 1 saturated heterocycles. The van der Waals surface area contributed by atoms with Crippen LogP contribution in [0.1, 0.15) is 19.8 Å². The van der Waals surface area contributed by atoms with E-state index in [9.17, 15) is 4.79 Å². The van der Waals surface area contributed by atoms with Crippen molar-refractivity contribution < 1.29 is 9.90 Å². The number of hydrogen-bond acceptors (Lipinski definition) is 3. The number of rotatable bonds is 4. The van der Waals surface area contributed by atoms with Gasteiger partial charge in [0.15, 0.2) is 0 Å². The summed E-state index contributed by atoms with van der Waals surface area (Å²) in [7, 11) is 0. The summed E-state index contributed by atoms with van der Waals surface area (Å²) in [6.07, 6.45) is 1.44. The van der Waals surface area contributed by atoms with Crippen molar-refractivity contribution in [1.29, 1.82) is 0 Å². The van der Waals surface area contributed by atoms with Crippen LogP contribution in [0.25, 0.3) is 0 Å². The SMILES string of the molecule is CC(CCCN)C(=O)N1CC(O)C1. The molecular formula is C9H18N2O2. The van der Waals surface area contributed by atoms with E-state index in [0.29, 0.717) is 19.6 Å². The predicted octanol–water partition coefficient (Wildman–Crippen LogP) is -0.435. The Morgan fingerprint density at radius 2 is 2.31 bits per heavy atom. The van der Waals surface area contributed by atoms with Crippen molar-refractivity contribution in [3.8, 4) is 0 Å². The number of carbonyl (C=O) groups is 1. The van der Waals surface area contributed by atoms with Crippen molar-refractivity contribution >= 4 is 5.91 Å². The molecule has 4 heteroatoms. The van der Waals surface area contributed by atoms with Crippen LogP contribution >= 0.6 is 0 Å². The Balaban J connectivity index is 2.22. The third-order valence-electron chi connectivity index (χ3n) is 2.44. The van der Waals surface area contributed by atoms with E-state index >= 15 is 0 Å². The Morgan fingerprint density at radius 3 is 2.77 bits per heavy atom. The van der Waals surface area contributed by atoms with Crippen LogP contribution in [0.15, 0.2) is 0 Å². The molecule has 0 radical (unpaired) electrons. The summed E-state index contributed by atoms with van der Waals surface area (Å²) in [5.74, 6) is 0.204. The quantitative estimate of drug-likeness (QED) is 0.625. The molecule has 0 aromatic rings. The highest BCUT2D eigenvalue weighted by molar-refractivity contribution is 5.79. The van der Waals surface area contributed by atoms with Crippen LogP contribution in [-0.2, 0) is 4.79 Å². The van der Waals surface area contributed by atoms with E-state index in [1.54, 1.807) is 4.90 Å². The van der Waals surface area contributed by atoms with Gasteiger partial charge in [0.25, 0.3) is 0 Å². The molecule has 4 nitrogen and oxygen atoms in total. The monoisotopic (exact) mass is 186 g/mol. The first-order chi connectivity index (χ1) is 6.15. The number of hydrogen-bond donors (Lipinski definition) is 2. The molecule has 1 amide bonds. The van der Waals surface area contributed by atoms with E-state index in [-0.39, 0.29) is 17.9 Å². The van der Waals surface area contributed by atoms with Crippen LogP contribution in [-0.4, -0.2) is 41.7 Å². The van der Waals surface area contributed by atoms with Crippen LogP contribution in [0.5, 0.6) is 0 Å². The van der Waals surface area contributed by atoms with Gasteiger partial charge in [0, 0.05) is 19.0 Å². The minimum Gasteiger partial charge on any atom is -0.389 e. The van der Waals surface area contributed by atoms with Crippen molar-refractivity contribution in [2.24, 2.45) is 11.7 Å². The summed E-state index contributed by atoms with van der Waals surface area (Å²) in [5, 5.41) is 9.01. The standard InChI is InChI=1S/C9H18N2O2/c1-7(3-2-4-10)9(13)11-5-8(12)6-11/h7-8,12H,2-6,10H2,1H3. The second kappa shape index (κ2) is 4.58. The van der Waals surface area contributed by atoms with Crippen LogP contribution in [0.2, 0.25) is 0 Å². The molecule has 0 aromatic heterocycles. The van der Waals surface area contributed by atoms with Crippen LogP contribution in [0.4, 0.5) is 0 Å². The van der Waals surface area contributed by atoms with Gasteiger partial charge in [-0.2, -0.15) is 0 Å². The van der Waals surface area contributed by atoms with E-state index in [1.165, 1.54) is 0 Å². The zero-order valence-electron chi connectivity index (χ0n) is 8.07. The van der Waals surface area contributed by atoms with Gasteiger partial charge in [-0.05, 0) is 19.4 Å². The molecule has 1 aliphatic heterocycles. The first kappa shape index (κ1) is 10.5. The van der Waals surface area contributed by atoms with Gasteiger partial charge >= 0.3 is 0 Å². The van der Waals surface area contributed by atoms with Gasteiger partial charge in [-0.25, -0.2) is 0 Å². The van der Waals surface area contributed by atoms with E-state index < -0.39 is 0 Å². The van der Waals surface area contributed by atoms with Gasteiger partial charge in [-0.1, -0.05) is 6.92 Å². The van der Waals surface area contributed by atoms with E-state index in [0.717, 1.165) is 12.8 Å². The lowest BCUT2D eigenvalue weighted by molar-refractivity contribution is -0.145. The first-order valence-electron chi connectivity index (χ1n) is 4.82. The van der Waals surface area contributed by atoms with Crippen molar-refractivity contribution in [2.45, 2.75) is 25.9 Å². The highest BCUT2D eigenvalue weighted by Gasteiger charge is 2.30. The number of carbonyl (C=O) groups excluding carboxylic acids is 1. The smallest absolute Gasteiger partial charge is 0.225 e. The molecule has 1 aliphatic rings. The number of nitrogens with two attached hydrogens (primary N) is 1. The lowest BCUT2D eigenvalue weighted by atomic mass is 10.0. The van der Waals surface area contributed by atoms with Crippen molar-refractivity contribution in [2.75, 3.05) is 19.6 Å². The number of nitrogens with zero attached hydrogens (tertiary/aromatic N) is 1. The number of aliphatic hydroxyl groups excluding tert-OH is 1. The van der Waals surface area contributed by atoms with Crippen molar-refractivity contribution in [3.05, 3.63) is 0 Å². The lowest BCUT2D eigenvalue weighted by Crippen LogP contribution is -2.54. The number of amides is 1. The number of aliphatic hydroxyl groups is 1. The first-order valence-corrected chi connectivity index (χ1v) is 4.82. The Labute approximate surface area is 78.7 Å². The van der Waals surface area contributed by atoms with Crippen molar-refractivity contribution in [3.63, 3.8) is 0 Å². The molecule has 1 unspecified atom stereocenters. The van der Waals surface area contributed by atoms with Crippen LogP contribution in [0.3, 0.4) is 0 Å². The van der Waals surface area contributed by atoms with Gasteiger partial charge < -0.3 is 15.7 Å². The summed E-state index contributed by atoms with van der Waals surface area (Å²) in [5.41, 5.74) is 5.36. The van der Waals surface area contributed by atoms with Crippen LogP contribution < -0.4 is 5.73 Å². The molecule has 1 fully saturated rings. The van der Waals surface area contributed by atoms with E-state index in [4.69, 9.17) is 10.8 Å². The van der Waals surface area contributed by atoms with Crippen LogP contribution in [0, 0.1) is 5.92 Å². The Hall–Kier alpha value is -0.610. The Kier molecular flexibility index (Phi) is 3.69. The van der Waals surface area contributed by atoms with Gasteiger partial charge in [-0.3, -0.25) is 4.79 Å². The van der Waals surface area contributed by atoms with Gasteiger partial charge in [0.1, 0.15) is 0 Å². The summed E-state index contributed by atoms with van der Waals surface area (Å²) in [6, 6.07) is 0. The average molecular weight is 186 g/mol. The fraction of sp³-hybridized carbons (Fsp3) is 0.889. The lowest BCUT2D eigenvalue weighted by Gasteiger charge is -2.37. The summed E-state index contributed by atoms with van der Waals surface area (Å²) in [4.78, 5) is 13.3. The van der Waals surface area contributed by atoms with Gasteiger partial charge in [0.2, 0.25) is 5.91 Å². The van der Waals surface area contributed by atoms with E-state index in [2.05, 4.69) is 0 Å². The minimum absolute atomic E-state index is 0.0519. The molecule has 0 aliphatic carbocycles. The highest BCUT2D eigenvalue weighted by Crippen LogP contribution is 2.15. The number of likely N-dealkylation sites (tertiary alicyclic amines) is 1. The maximum absolute atomic E-state index is 11.6. The zero-order valence-corrected chi connectivity index (χ0v) is 8.07. The van der Waals surface area contributed by atoms with Crippen molar-refractivity contribution in [1.82, 2.24) is 4.90 Å². The molecule has 1 heterocycles. The third-order valence-corrected chi connectivity index (χ3v) is 2.44. The van der Waals surface area contributed by atoms with E-state index in [1.807, 2.05) is 6.92 Å². The second-order valence-corrected chi connectivity index (χ2v) is 3.73. The number of β-amino-alcohol motifs (C(OH)–C–C–N with tert-alkyl or cyclic N) is 1. The molecule has 0 aromatic carbocycles.